The van der Waals surface area contributed by atoms with Crippen LogP contribution in [0.1, 0.15) is 27.6 Å². The summed E-state index contributed by atoms with van der Waals surface area (Å²) in [7, 11) is 0. The summed E-state index contributed by atoms with van der Waals surface area (Å²) in [5.41, 5.74) is 1.14. The molecule has 1 fully saturated rings. The van der Waals surface area contributed by atoms with Crippen molar-refractivity contribution in [2.75, 3.05) is 38.1 Å². The third-order valence-electron chi connectivity index (χ3n) is 5.60. The Labute approximate surface area is 204 Å². The van der Waals surface area contributed by atoms with Crippen LogP contribution in [0.2, 0.25) is 0 Å². The van der Waals surface area contributed by atoms with Gasteiger partial charge in [-0.1, -0.05) is 42.5 Å². The molecule has 0 radical (unpaired) electrons. The Morgan fingerprint density at radius 2 is 1.37 bits per heavy atom. The first-order chi connectivity index (χ1) is 17.1. The minimum absolute atomic E-state index is 0.210. The molecular weight excluding hydrogens is 446 g/mol. The quantitative estimate of drug-likeness (QED) is 0.563. The van der Waals surface area contributed by atoms with Crippen molar-refractivity contribution < 1.29 is 23.9 Å². The maximum absolute atomic E-state index is 13.3. The maximum atomic E-state index is 13.3. The zero-order valence-corrected chi connectivity index (χ0v) is 19.5. The van der Waals surface area contributed by atoms with E-state index in [9.17, 15) is 14.4 Å². The number of piperazine rings is 1. The molecule has 1 saturated heterocycles. The molecule has 0 unspecified atom stereocenters. The molecule has 8 heteroatoms. The molecule has 1 aliphatic rings. The van der Waals surface area contributed by atoms with Gasteiger partial charge in [-0.2, -0.15) is 0 Å². The molecule has 0 bridgehead atoms. The van der Waals surface area contributed by atoms with E-state index in [2.05, 4.69) is 5.32 Å². The Balaban J connectivity index is 1.47. The number of hydrogen-bond acceptors (Lipinski definition) is 5. The van der Waals surface area contributed by atoms with E-state index in [1.54, 1.807) is 65.3 Å². The molecule has 8 nitrogen and oxygen atoms in total. The van der Waals surface area contributed by atoms with Gasteiger partial charge >= 0.3 is 6.09 Å². The largest absolute Gasteiger partial charge is 0.457 e. The highest BCUT2D eigenvalue weighted by Crippen LogP contribution is 2.27. The summed E-state index contributed by atoms with van der Waals surface area (Å²) in [4.78, 5) is 41.6. The topological polar surface area (TPSA) is 88.2 Å². The number of carbonyl (C=O) groups is 3. The summed E-state index contributed by atoms with van der Waals surface area (Å²) in [6, 6.07) is 23.1. The van der Waals surface area contributed by atoms with Gasteiger partial charge in [-0.3, -0.25) is 9.59 Å². The number of ether oxygens (including phenoxy) is 2. The van der Waals surface area contributed by atoms with E-state index < -0.39 is 0 Å². The lowest BCUT2D eigenvalue weighted by molar-refractivity contribution is 0.0571. The number of hydrogen-bond donors (Lipinski definition) is 1. The summed E-state index contributed by atoms with van der Waals surface area (Å²) in [6.45, 7) is 3.62. The van der Waals surface area contributed by atoms with E-state index in [0.29, 0.717) is 61.1 Å². The van der Waals surface area contributed by atoms with E-state index >= 15 is 0 Å². The van der Waals surface area contributed by atoms with Gasteiger partial charge in [0.2, 0.25) is 0 Å². The molecule has 1 N–H and O–H groups in total. The van der Waals surface area contributed by atoms with Crippen LogP contribution >= 0.6 is 0 Å². The summed E-state index contributed by atoms with van der Waals surface area (Å²) in [5.74, 6) is 0.433. The van der Waals surface area contributed by atoms with Crippen LogP contribution in [0.15, 0.2) is 78.9 Å². The first kappa shape index (κ1) is 23.8. The Bertz CT molecular complexity index is 1190. The number of anilines is 1. The Kier molecular flexibility index (Phi) is 7.62. The molecule has 180 valence electrons. The van der Waals surface area contributed by atoms with Crippen molar-refractivity contribution in [2.24, 2.45) is 0 Å². The SMILES string of the molecule is CCOC(=O)N1CCN(C(=O)c2ccccc2NC(=O)c2ccccc2Oc2ccccc2)CC1. The smallest absolute Gasteiger partial charge is 0.409 e. The van der Waals surface area contributed by atoms with Crippen molar-refractivity contribution in [2.45, 2.75) is 6.92 Å². The van der Waals surface area contributed by atoms with Gasteiger partial charge in [0, 0.05) is 26.2 Å². The summed E-state index contributed by atoms with van der Waals surface area (Å²) in [5, 5.41) is 2.87. The summed E-state index contributed by atoms with van der Waals surface area (Å²) in [6.07, 6.45) is -0.372. The Hall–Kier alpha value is -4.33. The van der Waals surface area contributed by atoms with E-state index in [1.165, 1.54) is 0 Å². The van der Waals surface area contributed by atoms with Gasteiger partial charge in [-0.15, -0.1) is 0 Å². The van der Waals surface area contributed by atoms with Crippen LogP contribution in [0.25, 0.3) is 0 Å². The van der Waals surface area contributed by atoms with Crippen LogP contribution in [0.5, 0.6) is 11.5 Å². The number of para-hydroxylation sites is 3. The number of carbonyl (C=O) groups excluding carboxylic acids is 3. The first-order valence-corrected chi connectivity index (χ1v) is 11.5. The van der Waals surface area contributed by atoms with Crippen molar-refractivity contribution >= 4 is 23.6 Å². The van der Waals surface area contributed by atoms with Crippen LogP contribution in [-0.2, 0) is 4.74 Å². The van der Waals surface area contributed by atoms with Gasteiger partial charge < -0.3 is 24.6 Å². The van der Waals surface area contributed by atoms with E-state index in [4.69, 9.17) is 9.47 Å². The van der Waals surface area contributed by atoms with Gasteiger partial charge in [0.05, 0.1) is 23.4 Å². The van der Waals surface area contributed by atoms with Crippen molar-refractivity contribution in [1.29, 1.82) is 0 Å². The third kappa shape index (κ3) is 5.78. The molecule has 0 spiro atoms. The van der Waals surface area contributed by atoms with E-state index in [1.807, 2.05) is 30.3 Å². The van der Waals surface area contributed by atoms with E-state index in [0.717, 1.165) is 0 Å². The number of amides is 3. The summed E-state index contributed by atoms with van der Waals surface area (Å²) >= 11 is 0. The van der Waals surface area contributed by atoms with Crippen molar-refractivity contribution in [1.82, 2.24) is 9.80 Å². The van der Waals surface area contributed by atoms with Gasteiger partial charge in [-0.25, -0.2) is 4.79 Å². The van der Waals surface area contributed by atoms with Crippen molar-refractivity contribution in [3.8, 4) is 11.5 Å². The molecule has 0 aliphatic carbocycles. The van der Waals surface area contributed by atoms with Gasteiger partial charge in [-0.05, 0) is 43.3 Å². The van der Waals surface area contributed by atoms with E-state index in [-0.39, 0.29) is 17.9 Å². The minimum Gasteiger partial charge on any atom is -0.457 e. The molecule has 0 saturated carbocycles. The average molecular weight is 474 g/mol. The third-order valence-corrected chi connectivity index (χ3v) is 5.60. The lowest BCUT2D eigenvalue weighted by atomic mass is 10.1. The molecule has 3 aromatic carbocycles. The molecule has 35 heavy (non-hydrogen) atoms. The zero-order valence-electron chi connectivity index (χ0n) is 19.5. The number of nitrogens with one attached hydrogen (secondary N) is 1. The highest BCUT2D eigenvalue weighted by molar-refractivity contribution is 6.10. The highest BCUT2D eigenvalue weighted by atomic mass is 16.6. The lowest BCUT2D eigenvalue weighted by Gasteiger charge is -2.34. The molecule has 1 heterocycles. The number of rotatable bonds is 6. The fourth-order valence-corrected chi connectivity index (χ4v) is 3.80. The fraction of sp³-hybridized carbons (Fsp3) is 0.222. The summed E-state index contributed by atoms with van der Waals surface area (Å²) < 4.78 is 10.9. The minimum atomic E-state index is -0.385. The normalized spacial score (nSPS) is 13.2. The van der Waals surface area contributed by atoms with Gasteiger partial charge in [0.15, 0.2) is 0 Å². The molecule has 3 aromatic rings. The Morgan fingerprint density at radius 3 is 2.09 bits per heavy atom. The van der Waals surface area contributed by atoms with Crippen molar-refractivity contribution in [3.63, 3.8) is 0 Å². The Morgan fingerprint density at radius 1 is 0.771 bits per heavy atom. The maximum Gasteiger partial charge on any atom is 0.409 e. The molecule has 4 rings (SSSR count). The van der Waals surface area contributed by atoms with Crippen LogP contribution in [0, 0.1) is 0 Å². The first-order valence-electron chi connectivity index (χ1n) is 11.5. The molecule has 0 atom stereocenters. The zero-order chi connectivity index (χ0) is 24.6. The molecule has 3 amide bonds. The predicted octanol–water partition coefficient (Wildman–Crippen LogP) is 4.65. The molecular formula is C27H27N3O5. The second-order valence-corrected chi connectivity index (χ2v) is 7.89. The molecule has 0 aromatic heterocycles. The number of benzene rings is 3. The van der Waals surface area contributed by atoms with Crippen LogP contribution < -0.4 is 10.1 Å². The second-order valence-electron chi connectivity index (χ2n) is 7.89. The lowest BCUT2D eigenvalue weighted by Crippen LogP contribution is -2.50. The van der Waals surface area contributed by atoms with Crippen LogP contribution in [-0.4, -0.2) is 60.5 Å². The monoisotopic (exact) mass is 473 g/mol. The van der Waals surface area contributed by atoms with Crippen LogP contribution in [0.3, 0.4) is 0 Å². The predicted molar refractivity (Wildman–Crippen MR) is 132 cm³/mol. The number of nitrogens with zero attached hydrogens (tertiary/aromatic N) is 2. The van der Waals surface area contributed by atoms with Crippen molar-refractivity contribution in [3.05, 3.63) is 90.0 Å². The fourth-order valence-electron chi connectivity index (χ4n) is 3.80. The average Bonchev–Trinajstić information content (AvgIpc) is 2.90. The second kappa shape index (κ2) is 11.2. The van der Waals surface area contributed by atoms with Gasteiger partial charge in [0.1, 0.15) is 11.5 Å². The molecule has 1 aliphatic heterocycles. The van der Waals surface area contributed by atoms with Gasteiger partial charge in [0.25, 0.3) is 11.8 Å². The van der Waals surface area contributed by atoms with Crippen LogP contribution in [0.4, 0.5) is 10.5 Å². The standard InChI is InChI=1S/C27H27N3O5/c1-2-34-27(33)30-18-16-29(17-19-30)26(32)21-12-6-8-14-23(21)28-25(31)22-13-7-9-15-24(22)35-20-10-4-3-5-11-20/h3-15H,2,16-19H2,1H3,(H,28,31). The highest BCUT2D eigenvalue weighted by Gasteiger charge is 2.27.